The van der Waals surface area contributed by atoms with E-state index in [1.807, 2.05) is 0 Å². The fourth-order valence-electron chi connectivity index (χ4n) is 2.36. The van der Waals surface area contributed by atoms with Crippen molar-refractivity contribution >= 4 is 0 Å². The minimum Gasteiger partial charge on any atom is -0.394 e. The monoisotopic (exact) mass is 215 g/mol. The number of hydrogen-bond donors (Lipinski definition) is 1. The van der Waals surface area contributed by atoms with Crippen molar-refractivity contribution < 1.29 is 9.84 Å². The molecule has 90 valence electrons. The number of aliphatic hydroxyl groups is 1. The molecule has 1 N–H and O–H groups in total. The van der Waals surface area contributed by atoms with Crippen LogP contribution in [-0.4, -0.2) is 49.5 Å². The summed E-state index contributed by atoms with van der Waals surface area (Å²) in [5.41, 5.74) is 0. The van der Waals surface area contributed by atoms with Gasteiger partial charge in [-0.1, -0.05) is 19.8 Å². The van der Waals surface area contributed by atoms with Crippen molar-refractivity contribution in [2.75, 3.05) is 33.4 Å². The second-order valence-corrected chi connectivity index (χ2v) is 4.74. The molecule has 3 nitrogen and oxygen atoms in total. The van der Waals surface area contributed by atoms with Crippen molar-refractivity contribution in [3.05, 3.63) is 0 Å². The van der Waals surface area contributed by atoms with Crippen molar-refractivity contribution in [2.24, 2.45) is 5.92 Å². The first-order valence-corrected chi connectivity index (χ1v) is 6.13. The first kappa shape index (κ1) is 12.9. The van der Waals surface area contributed by atoms with E-state index in [9.17, 15) is 0 Å². The van der Waals surface area contributed by atoms with E-state index in [4.69, 9.17) is 9.84 Å². The Bertz CT molecular complexity index is 164. The maximum absolute atomic E-state index is 8.58. The van der Waals surface area contributed by atoms with Crippen LogP contribution >= 0.6 is 0 Å². The zero-order chi connectivity index (χ0) is 11.1. The number of ether oxygens (including phenoxy) is 1. The molecule has 0 aromatic rings. The molecule has 1 aliphatic rings. The van der Waals surface area contributed by atoms with E-state index < -0.39 is 0 Å². The van der Waals surface area contributed by atoms with Gasteiger partial charge in [0.05, 0.1) is 19.8 Å². The Morgan fingerprint density at radius 3 is 2.80 bits per heavy atom. The molecule has 1 fully saturated rings. The fraction of sp³-hybridized carbons (Fsp3) is 1.00. The summed E-state index contributed by atoms with van der Waals surface area (Å²) >= 11 is 0. The lowest BCUT2D eigenvalue weighted by molar-refractivity contribution is 0.0623. The molecule has 0 heterocycles. The molecule has 0 aliphatic heterocycles. The highest BCUT2D eigenvalue weighted by atomic mass is 16.5. The lowest BCUT2D eigenvalue weighted by atomic mass is 9.86. The number of likely N-dealkylation sites (N-methyl/N-ethyl adjacent to an activating group) is 1. The minimum absolute atomic E-state index is 0.129. The van der Waals surface area contributed by atoms with Gasteiger partial charge in [0.25, 0.3) is 0 Å². The lowest BCUT2D eigenvalue weighted by Crippen LogP contribution is -2.37. The molecule has 1 rings (SSSR count). The van der Waals surface area contributed by atoms with Crippen LogP contribution in [-0.2, 0) is 4.74 Å². The van der Waals surface area contributed by atoms with E-state index >= 15 is 0 Å². The average molecular weight is 215 g/mol. The molecule has 0 saturated heterocycles. The third kappa shape index (κ3) is 4.96. The van der Waals surface area contributed by atoms with E-state index in [2.05, 4.69) is 18.9 Å². The van der Waals surface area contributed by atoms with Crippen LogP contribution in [0.15, 0.2) is 0 Å². The maximum Gasteiger partial charge on any atom is 0.0698 e. The first-order valence-electron chi connectivity index (χ1n) is 6.13. The number of hydrogen-bond acceptors (Lipinski definition) is 3. The third-order valence-corrected chi connectivity index (χ3v) is 3.36. The summed E-state index contributed by atoms with van der Waals surface area (Å²) in [6.45, 7) is 4.67. The van der Waals surface area contributed by atoms with Gasteiger partial charge in [0.1, 0.15) is 0 Å². The van der Waals surface area contributed by atoms with Crippen molar-refractivity contribution in [3.8, 4) is 0 Å². The summed E-state index contributed by atoms with van der Waals surface area (Å²) in [6.07, 6.45) is 5.43. The Morgan fingerprint density at radius 2 is 2.13 bits per heavy atom. The predicted octanol–water partition coefficient (Wildman–Crippen LogP) is 1.51. The Labute approximate surface area is 93.4 Å². The average Bonchev–Trinajstić information content (AvgIpc) is 2.24. The van der Waals surface area contributed by atoms with Gasteiger partial charge in [-0.3, -0.25) is 0 Å². The van der Waals surface area contributed by atoms with Gasteiger partial charge < -0.3 is 14.7 Å². The smallest absolute Gasteiger partial charge is 0.0698 e. The number of aliphatic hydroxyl groups excluding tert-OH is 1. The lowest BCUT2D eigenvalue weighted by Gasteiger charge is -2.34. The van der Waals surface area contributed by atoms with E-state index in [0.717, 1.165) is 25.1 Å². The molecular weight excluding hydrogens is 190 g/mol. The quantitative estimate of drug-likeness (QED) is 0.682. The van der Waals surface area contributed by atoms with Gasteiger partial charge >= 0.3 is 0 Å². The summed E-state index contributed by atoms with van der Waals surface area (Å²) in [5.74, 6) is 0.879. The molecule has 0 amide bonds. The first-order chi connectivity index (χ1) is 7.24. The standard InChI is InChI=1S/C12H25NO2/c1-11-4-3-5-12(10-11)13(2)6-8-15-9-7-14/h11-12,14H,3-10H2,1-2H3. The highest BCUT2D eigenvalue weighted by molar-refractivity contribution is 4.76. The van der Waals surface area contributed by atoms with E-state index in [1.54, 1.807) is 0 Å². The minimum atomic E-state index is 0.129. The van der Waals surface area contributed by atoms with Gasteiger partial charge in [-0.15, -0.1) is 0 Å². The molecule has 0 spiro atoms. The summed E-state index contributed by atoms with van der Waals surface area (Å²) in [5, 5.41) is 8.58. The second-order valence-electron chi connectivity index (χ2n) is 4.74. The van der Waals surface area contributed by atoms with E-state index in [-0.39, 0.29) is 6.61 Å². The molecule has 2 atom stereocenters. The van der Waals surface area contributed by atoms with Crippen LogP contribution in [0.3, 0.4) is 0 Å². The van der Waals surface area contributed by atoms with E-state index in [0.29, 0.717) is 6.61 Å². The van der Waals surface area contributed by atoms with Crippen LogP contribution in [0.2, 0.25) is 0 Å². The molecule has 0 radical (unpaired) electrons. The predicted molar refractivity (Wildman–Crippen MR) is 62.0 cm³/mol. The van der Waals surface area contributed by atoms with Crippen LogP contribution in [0.25, 0.3) is 0 Å². The Balaban J connectivity index is 2.12. The van der Waals surface area contributed by atoms with Crippen molar-refractivity contribution in [1.29, 1.82) is 0 Å². The van der Waals surface area contributed by atoms with Gasteiger partial charge in [-0.25, -0.2) is 0 Å². The Kier molecular flexibility index (Phi) is 6.22. The van der Waals surface area contributed by atoms with E-state index in [1.165, 1.54) is 25.7 Å². The van der Waals surface area contributed by atoms with Crippen molar-refractivity contribution in [3.63, 3.8) is 0 Å². The summed E-state index contributed by atoms with van der Waals surface area (Å²) in [7, 11) is 2.19. The van der Waals surface area contributed by atoms with Crippen LogP contribution in [0.1, 0.15) is 32.6 Å². The molecular formula is C12H25NO2. The molecule has 0 bridgehead atoms. The van der Waals surface area contributed by atoms with Gasteiger partial charge in [0, 0.05) is 12.6 Å². The normalized spacial score (nSPS) is 27.2. The van der Waals surface area contributed by atoms with Crippen LogP contribution in [0, 0.1) is 5.92 Å². The molecule has 1 saturated carbocycles. The molecule has 0 aromatic carbocycles. The van der Waals surface area contributed by atoms with Gasteiger partial charge in [-0.05, 0) is 25.8 Å². The SMILES string of the molecule is CC1CCCC(N(C)CCOCCO)C1. The third-order valence-electron chi connectivity index (χ3n) is 3.36. The molecule has 1 aliphatic carbocycles. The van der Waals surface area contributed by atoms with Gasteiger partial charge in [-0.2, -0.15) is 0 Å². The van der Waals surface area contributed by atoms with Crippen LogP contribution in [0.5, 0.6) is 0 Å². The summed E-state index contributed by atoms with van der Waals surface area (Å²) in [6, 6.07) is 0.742. The summed E-state index contributed by atoms with van der Waals surface area (Å²) in [4.78, 5) is 2.41. The second kappa shape index (κ2) is 7.20. The number of rotatable bonds is 6. The highest BCUT2D eigenvalue weighted by Crippen LogP contribution is 2.26. The molecule has 15 heavy (non-hydrogen) atoms. The molecule has 0 aromatic heterocycles. The topological polar surface area (TPSA) is 32.7 Å². The Hall–Kier alpha value is -0.120. The van der Waals surface area contributed by atoms with Crippen molar-refractivity contribution in [2.45, 2.75) is 38.6 Å². The Morgan fingerprint density at radius 1 is 1.33 bits per heavy atom. The van der Waals surface area contributed by atoms with Crippen LogP contribution in [0.4, 0.5) is 0 Å². The largest absolute Gasteiger partial charge is 0.394 e. The van der Waals surface area contributed by atoms with Crippen LogP contribution < -0.4 is 0 Å². The zero-order valence-corrected chi connectivity index (χ0v) is 10.1. The fourth-order valence-corrected chi connectivity index (χ4v) is 2.36. The molecule has 3 heteroatoms. The summed E-state index contributed by atoms with van der Waals surface area (Å²) < 4.78 is 5.28. The van der Waals surface area contributed by atoms with Crippen molar-refractivity contribution in [1.82, 2.24) is 4.90 Å². The zero-order valence-electron chi connectivity index (χ0n) is 10.1. The number of nitrogens with zero attached hydrogens (tertiary/aromatic N) is 1. The highest BCUT2D eigenvalue weighted by Gasteiger charge is 2.21. The van der Waals surface area contributed by atoms with Gasteiger partial charge in [0.15, 0.2) is 0 Å². The molecule has 2 unspecified atom stereocenters. The van der Waals surface area contributed by atoms with Gasteiger partial charge in [0.2, 0.25) is 0 Å². The maximum atomic E-state index is 8.58.